The van der Waals surface area contributed by atoms with Gasteiger partial charge in [0.05, 0.1) is 5.69 Å². The van der Waals surface area contributed by atoms with Crippen LogP contribution in [0.1, 0.15) is 57.7 Å². The Morgan fingerprint density at radius 1 is 1.11 bits per heavy atom. The first-order valence-electron chi connectivity index (χ1n) is 12.8. The Morgan fingerprint density at radius 3 is 2.82 bits per heavy atom. The van der Waals surface area contributed by atoms with Gasteiger partial charge in [0.2, 0.25) is 5.91 Å². The third-order valence-electron chi connectivity index (χ3n) is 7.57. The fourth-order valence-corrected chi connectivity index (χ4v) is 5.61. The quantitative estimate of drug-likeness (QED) is 0.366. The lowest BCUT2D eigenvalue weighted by molar-refractivity contribution is -0.124. The maximum Gasteiger partial charge on any atom is 0.294 e. The second-order valence-electron chi connectivity index (χ2n) is 9.88. The third kappa shape index (κ3) is 4.30. The number of rotatable bonds is 6. The van der Waals surface area contributed by atoms with Crippen LogP contribution in [-0.4, -0.2) is 32.0 Å². The molecule has 2 atom stereocenters. The fourth-order valence-electron chi connectivity index (χ4n) is 5.61. The van der Waals surface area contributed by atoms with E-state index in [0.717, 1.165) is 29.1 Å². The number of aromatic nitrogens is 4. The second kappa shape index (κ2) is 9.74. The summed E-state index contributed by atoms with van der Waals surface area (Å²) in [6, 6.07) is 15.4. The van der Waals surface area contributed by atoms with Crippen molar-refractivity contribution in [1.29, 1.82) is 0 Å². The predicted molar refractivity (Wildman–Crippen MR) is 145 cm³/mol. The molecule has 4 aromatic rings. The standard InChI is InChI=1S/C29H29N7O2/c1-17-20(8-11-25(30)35-17)14-34-28(37)24-10-9-21-15-32-27(29(38)36(21)24)33-16-23-22-7-3-2-5-18(22)13-19-6-4-12-31-26(19)23/h2-8,11-12,15,23-24H,9-10,13-14,16H2,1H3,(H2,30,35)(H,32,33)(H,34,37)/t23?,24-/m0/s1. The Labute approximate surface area is 220 Å². The van der Waals surface area contributed by atoms with E-state index in [0.29, 0.717) is 31.7 Å². The number of nitrogens with two attached hydrogens (primary N) is 1. The highest BCUT2D eigenvalue weighted by atomic mass is 16.2. The van der Waals surface area contributed by atoms with Crippen LogP contribution < -0.4 is 21.9 Å². The fraction of sp³-hybridized carbons (Fsp3) is 0.276. The Hall–Kier alpha value is -4.53. The average Bonchev–Trinajstić information content (AvgIpc) is 3.36. The Morgan fingerprint density at radius 2 is 1.95 bits per heavy atom. The maximum atomic E-state index is 13.5. The molecular weight excluding hydrogens is 478 g/mol. The van der Waals surface area contributed by atoms with Crippen LogP contribution >= 0.6 is 0 Å². The molecule has 1 unspecified atom stereocenters. The molecule has 0 saturated heterocycles. The van der Waals surface area contributed by atoms with Crippen LogP contribution in [0, 0.1) is 6.92 Å². The van der Waals surface area contributed by atoms with Crippen molar-refractivity contribution >= 4 is 17.5 Å². The van der Waals surface area contributed by atoms with Gasteiger partial charge in [-0.15, -0.1) is 0 Å². The van der Waals surface area contributed by atoms with E-state index in [2.05, 4.69) is 49.9 Å². The van der Waals surface area contributed by atoms with Crippen molar-refractivity contribution in [2.45, 2.75) is 44.7 Å². The highest BCUT2D eigenvalue weighted by Crippen LogP contribution is 2.35. The monoisotopic (exact) mass is 507 g/mol. The Bertz CT molecular complexity index is 1550. The number of fused-ring (bicyclic) bond motifs is 3. The molecule has 4 N–H and O–H groups in total. The molecule has 0 spiro atoms. The van der Waals surface area contributed by atoms with Gasteiger partial charge in [0, 0.05) is 42.8 Å². The minimum Gasteiger partial charge on any atom is -0.384 e. The SMILES string of the molecule is Cc1nc(N)ccc1CNC(=O)[C@@H]1CCc2cnc(NCC3c4ccccc4Cc4cccnc43)c(=O)n21. The number of benzene rings is 1. The number of nitrogen functional groups attached to an aromatic ring is 1. The van der Waals surface area contributed by atoms with Gasteiger partial charge in [0.15, 0.2) is 5.82 Å². The number of nitrogens with zero attached hydrogens (tertiary/aromatic N) is 4. The van der Waals surface area contributed by atoms with Gasteiger partial charge in [0.1, 0.15) is 11.9 Å². The number of hydrogen-bond acceptors (Lipinski definition) is 7. The molecule has 9 heteroatoms. The van der Waals surface area contributed by atoms with Gasteiger partial charge in [-0.25, -0.2) is 9.97 Å². The normalized spacial score (nSPS) is 17.3. The molecule has 1 aliphatic heterocycles. The van der Waals surface area contributed by atoms with Gasteiger partial charge in [-0.05, 0) is 60.6 Å². The molecule has 38 heavy (non-hydrogen) atoms. The summed E-state index contributed by atoms with van der Waals surface area (Å²) in [6.07, 6.45) is 5.53. The molecule has 0 radical (unpaired) electrons. The van der Waals surface area contributed by atoms with Crippen molar-refractivity contribution in [2.24, 2.45) is 0 Å². The zero-order valence-corrected chi connectivity index (χ0v) is 21.1. The Kier molecular flexibility index (Phi) is 6.11. The molecule has 2 aliphatic rings. The van der Waals surface area contributed by atoms with E-state index in [1.165, 1.54) is 16.7 Å². The Balaban J connectivity index is 1.22. The number of anilines is 2. The number of carbonyl (C=O) groups is 1. The molecular formula is C29H29N7O2. The molecule has 192 valence electrons. The lowest BCUT2D eigenvalue weighted by Gasteiger charge is -2.27. The summed E-state index contributed by atoms with van der Waals surface area (Å²) in [5, 5.41) is 6.25. The molecule has 6 rings (SSSR count). The molecule has 1 aliphatic carbocycles. The highest BCUT2D eigenvalue weighted by molar-refractivity contribution is 5.81. The minimum atomic E-state index is -0.583. The smallest absolute Gasteiger partial charge is 0.294 e. The largest absolute Gasteiger partial charge is 0.384 e. The highest BCUT2D eigenvalue weighted by Gasteiger charge is 2.31. The summed E-state index contributed by atoms with van der Waals surface area (Å²) in [5.41, 5.74) is 12.6. The molecule has 1 aromatic carbocycles. The first-order valence-corrected chi connectivity index (χ1v) is 12.8. The number of hydrogen-bond donors (Lipinski definition) is 3. The van der Waals surface area contributed by atoms with E-state index >= 15 is 0 Å². The topological polar surface area (TPSA) is 128 Å². The van der Waals surface area contributed by atoms with Crippen molar-refractivity contribution < 1.29 is 4.79 Å². The van der Waals surface area contributed by atoms with Crippen LogP contribution in [0.25, 0.3) is 0 Å². The number of aryl methyl sites for hydroxylation is 2. The minimum absolute atomic E-state index is 0.00791. The molecule has 0 bridgehead atoms. The van der Waals surface area contributed by atoms with Crippen LogP contribution in [0.3, 0.4) is 0 Å². The lowest BCUT2D eigenvalue weighted by Crippen LogP contribution is -2.37. The van der Waals surface area contributed by atoms with E-state index in [-0.39, 0.29) is 23.2 Å². The number of amides is 1. The predicted octanol–water partition coefficient (Wildman–Crippen LogP) is 2.88. The number of pyridine rings is 2. The summed E-state index contributed by atoms with van der Waals surface area (Å²) in [4.78, 5) is 40.0. The first kappa shape index (κ1) is 23.8. The number of nitrogens with one attached hydrogen (secondary N) is 2. The van der Waals surface area contributed by atoms with Gasteiger partial charge >= 0.3 is 0 Å². The zero-order chi connectivity index (χ0) is 26.2. The van der Waals surface area contributed by atoms with E-state index < -0.39 is 6.04 Å². The van der Waals surface area contributed by atoms with E-state index in [1.54, 1.807) is 16.8 Å². The van der Waals surface area contributed by atoms with Crippen molar-refractivity contribution in [3.8, 4) is 0 Å². The summed E-state index contributed by atoms with van der Waals surface area (Å²) in [5.74, 6) is 0.481. The summed E-state index contributed by atoms with van der Waals surface area (Å²) in [7, 11) is 0. The van der Waals surface area contributed by atoms with Crippen LogP contribution in [0.2, 0.25) is 0 Å². The molecule has 3 aromatic heterocycles. The van der Waals surface area contributed by atoms with Crippen LogP contribution in [-0.2, 0) is 24.2 Å². The maximum absolute atomic E-state index is 13.5. The van der Waals surface area contributed by atoms with Gasteiger partial charge in [-0.1, -0.05) is 36.4 Å². The van der Waals surface area contributed by atoms with Gasteiger partial charge in [-0.3, -0.25) is 19.1 Å². The summed E-state index contributed by atoms with van der Waals surface area (Å²) < 4.78 is 1.58. The van der Waals surface area contributed by atoms with Gasteiger partial charge in [0.25, 0.3) is 5.56 Å². The van der Waals surface area contributed by atoms with Gasteiger partial charge in [-0.2, -0.15) is 0 Å². The number of carbonyl (C=O) groups excluding carboxylic acids is 1. The van der Waals surface area contributed by atoms with E-state index in [9.17, 15) is 9.59 Å². The van der Waals surface area contributed by atoms with Crippen LogP contribution in [0.15, 0.2) is 65.7 Å². The molecule has 9 nitrogen and oxygen atoms in total. The molecule has 0 fully saturated rings. The van der Waals surface area contributed by atoms with Crippen molar-refractivity contribution in [1.82, 2.24) is 24.8 Å². The first-order chi connectivity index (χ1) is 18.5. The lowest BCUT2D eigenvalue weighted by atomic mass is 9.81. The van der Waals surface area contributed by atoms with Crippen molar-refractivity contribution in [3.05, 3.63) is 111 Å². The molecule has 0 saturated carbocycles. The van der Waals surface area contributed by atoms with Crippen LogP contribution in [0.5, 0.6) is 0 Å². The summed E-state index contributed by atoms with van der Waals surface area (Å²) in [6.45, 7) is 2.65. The third-order valence-corrected chi connectivity index (χ3v) is 7.57. The zero-order valence-electron chi connectivity index (χ0n) is 21.1. The van der Waals surface area contributed by atoms with Crippen molar-refractivity contribution in [3.63, 3.8) is 0 Å². The summed E-state index contributed by atoms with van der Waals surface area (Å²) >= 11 is 0. The second-order valence-corrected chi connectivity index (χ2v) is 9.88. The van der Waals surface area contributed by atoms with E-state index in [4.69, 9.17) is 5.73 Å². The molecule has 4 heterocycles. The van der Waals surface area contributed by atoms with Crippen molar-refractivity contribution in [2.75, 3.05) is 17.6 Å². The van der Waals surface area contributed by atoms with Gasteiger partial charge < -0.3 is 16.4 Å². The van der Waals surface area contributed by atoms with E-state index in [1.807, 2.05) is 31.3 Å². The van der Waals surface area contributed by atoms with Crippen LogP contribution in [0.4, 0.5) is 11.6 Å². The average molecular weight is 508 g/mol. The molecule has 1 amide bonds.